The smallest absolute Gasteiger partial charge is 0.437 e. The van der Waals surface area contributed by atoms with Gasteiger partial charge in [-0.05, 0) is 47.1 Å². The van der Waals surface area contributed by atoms with Crippen LogP contribution in [-0.4, -0.2) is 34.2 Å². The van der Waals surface area contributed by atoms with Crippen molar-refractivity contribution in [1.29, 1.82) is 0 Å². The summed E-state index contributed by atoms with van der Waals surface area (Å²) in [6.07, 6.45) is -1.56. The first kappa shape index (κ1) is 20.5. The molecule has 1 aromatic rings. The van der Waals surface area contributed by atoms with Crippen molar-refractivity contribution in [2.75, 3.05) is 0 Å². The van der Waals surface area contributed by atoms with Crippen LogP contribution in [0.3, 0.4) is 0 Å². The monoisotopic (exact) mass is 349 g/mol. The molecule has 0 atom stereocenters. The lowest BCUT2D eigenvalue weighted by molar-refractivity contribution is 0.0356. The first-order valence-corrected chi connectivity index (χ1v) is 7.99. The van der Waals surface area contributed by atoms with Gasteiger partial charge in [-0.15, -0.1) is 4.99 Å². The first-order valence-electron chi connectivity index (χ1n) is 7.99. The van der Waals surface area contributed by atoms with Crippen molar-refractivity contribution in [3.8, 4) is 0 Å². The van der Waals surface area contributed by atoms with Crippen molar-refractivity contribution in [2.24, 2.45) is 10.7 Å². The van der Waals surface area contributed by atoms with E-state index in [0.717, 1.165) is 10.5 Å². The van der Waals surface area contributed by atoms with Gasteiger partial charge in [0.1, 0.15) is 11.2 Å². The fourth-order valence-electron chi connectivity index (χ4n) is 1.76. The van der Waals surface area contributed by atoms with Crippen LogP contribution in [0.2, 0.25) is 0 Å². The molecule has 0 radical (unpaired) electrons. The molecule has 0 aliphatic rings. The van der Waals surface area contributed by atoms with Crippen molar-refractivity contribution in [3.63, 3.8) is 0 Å². The Bertz CT molecular complexity index is 628. The van der Waals surface area contributed by atoms with Crippen molar-refractivity contribution in [3.05, 3.63) is 35.9 Å². The molecule has 2 amide bonds. The molecule has 2 N–H and O–H groups in total. The molecule has 1 aromatic carbocycles. The molecule has 138 valence electrons. The van der Waals surface area contributed by atoms with E-state index < -0.39 is 23.4 Å². The summed E-state index contributed by atoms with van der Waals surface area (Å²) in [4.78, 5) is 29.1. The Morgan fingerprint density at radius 1 is 1.00 bits per heavy atom. The third-order valence-electron chi connectivity index (χ3n) is 2.67. The Morgan fingerprint density at radius 2 is 1.52 bits per heavy atom. The molecule has 1 rings (SSSR count). The number of nitrogens with two attached hydrogens (primary N) is 1. The molecule has 0 aliphatic carbocycles. The van der Waals surface area contributed by atoms with Gasteiger partial charge >= 0.3 is 12.2 Å². The molecule has 0 saturated heterocycles. The van der Waals surface area contributed by atoms with Crippen molar-refractivity contribution in [2.45, 2.75) is 59.3 Å². The molecule has 0 saturated carbocycles. The fourth-order valence-corrected chi connectivity index (χ4v) is 1.76. The maximum absolute atomic E-state index is 12.5. The third kappa shape index (κ3) is 8.19. The lowest BCUT2D eigenvalue weighted by Gasteiger charge is -2.26. The van der Waals surface area contributed by atoms with E-state index in [9.17, 15) is 9.59 Å². The summed E-state index contributed by atoms with van der Waals surface area (Å²) in [7, 11) is 0. The average Bonchev–Trinajstić information content (AvgIpc) is 2.41. The van der Waals surface area contributed by atoms with Gasteiger partial charge in [0.25, 0.3) is 0 Å². The molecule has 7 nitrogen and oxygen atoms in total. The second-order valence-electron chi connectivity index (χ2n) is 7.50. The first-order chi connectivity index (χ1) is 11.4. The van der Waals surface area contributed by atoms with Crippen LogP contribution in [0.15, 0.2) is 35.3 Å². The highest BCUT2D eigenvalue weighted by atomic mass is 16.6. The number of ether oxygens (including phenoxy) is 2. The highest BCUT2D eigenvalue weighted by Gasteiger charge is 2.26. The molecule has 0 fully saturated rings. The minimum atomic E-state index is -0.869. The van der Waals surface area contributed by atoms with Gasteiger partial charge in [-0.2, -0.15) is 0 Å². The predicted octanol–water partition coefficient (Wildman–Crippen LogP) is 3.67. The van der Waals surface area contributed by atoms with Gasteiger partial charge in [0, 0.05) is 0 Å². The van der Waals surface area contributed by atoms with E-state index in [1.165, 1.54) is 0 Å². The molecule has 0 spiro atoms. The molecule has 0 heterocycles. The van der Waals surface area contributed by atoms with Crippen molar-refractivity contribution < 1.29 is 19.1 Å². The Labute approximate surface area is 148 Å². The molecular weight excluding hydrogens is 322 g/mol. The topological polar surface area (TPSA) is 94.2 Å². The summed E-state index contributed by atoms with van der Waals surface area (Å²) in [6, 6.07) is 9.20. The number of hydrogen-bond acceptors (Lipinski definition) is 4. The number of guanidine groups is 1. The van der Waals surface area contributed by atoms with Crippen LogP contribution in [0.1, 0.15) is 47.1 Å². The van der Waals surface area contributed by atoms with Gasteiger partial charge in [-0.25, -0.2) is 14.5 Å². The Morgan fingerprint density at radius 3 is 2.00 bits per heavy atom. The van der Waals surface area contributed by atoms with Gasteiger partial charge < -0.3 is 15.2 Å². The second kappa shape index (κ2) is 8.00. The van der Waals surface area contributed by atoms with Crippen LogP contribution in [0.5, 0.6) is 0 Å². The van der Waals surface area contributed by atoms with Crippen LogP contribution in [0, 0.1) is 0 Å². The molecule has 7 heteroatoms. The van der Waals surface area contributed by atoms with Gasteiger partial charge in [-0.3, -0.25) is 0 Å². The SMILES string of the molecule is CC(C)(C)OC(=O)N=C(N)N(Cc1ccccc1)C(=O)OC(C)(C)C. The Balaban J connectivity index is 3.04. The highest BCUT2D eigenvalue weighted by Crippen LogP contribution is 2.13. The lowest BCUT2D eigenvalue weighted by Crippen LogP contribution is -2.44. The number of nitrogens with zero attached hydrogens (tertiary/aromatic N) is 2. The van der Waals surface area contributed by atoms with Gasteiger partial charge in [0.2, 0.25) is 5.96 Å². The van der Waals surface area contributed by atoms with Gasteiger partial charge in [-0.1, -0.05) is 30.3 Å². The van der Waals surface area contributed by atoms with Crippen LogP contribution in [0.25, 0.3) is 0 Å². The molecular formula is C18H27N3O4. The van der Waals surface area contributed by atoms with Gasteiger partial charge in [0.15, 0.2) is 0 Å². The number of carbonyl (C=O) groups excluding carboxylic acids is 2. The summed E-state index contributed by atoms with van der Waals surface area (Å²) < 4.78 is 10.5. The average molecular weight is 349 g/mol. The van der Waals surface area contributed by atoms with Crippen LogP contribution >= 0.6 is 0 Å². The zero-order valence-corrected chi connectivity index (χ0v) is 15.7. The summed E-state index contributed by atoms with van der Waals surface area (Å²) in [5.74, 6) is -0.285. The van der Waals surface area contributed by atoms with E-state index >= 15 is 0 Å². The number of amides is 2. The van der Waals surface area contributed by atoms with E-state index in [1.54, 1.807) is 41.5 Å². The number of rotatable bonds is 2. The normalized spacial score (nSPS) is 12.5. The number of benzene rings is 1. The quantitative estimate of drug-likeness (QED) is 0.649. The lowest BCUT2D eigenvalue weighted by atomic mass is 10.2. The fraction of sp³-hybridized carbons (Fsp3) is 0.500. The van der Waals surface area contributed by atoms with Crippen LogP contribution in [0.4, 0.5) is 9.59 Å². The summed E-state index contributed by atoms with van der Waals surface area (Å²) in [5.41, 5.74) is 5.27. The van der Waals surface area contributed by atoms with Gasteiger partial charge in [0.05, 0.1) is 6.54 Å². The van der Waals surface area contributed by atoms with E-state index in [1.807, 2.05) is 30.3 Å². The van der Waals surface area contributed by atoms with Crippen LogP contribution in [-0.2, 0) is 16.0 Å². The van der Waals surface area contributed by atoms with E-state index in [0.29, 0.717) is 0 Å². The van der Waals surface area contributed by atoms with Crippen molar-refractivity contribution >= 4 is 18.1 Å². The zero-order chi connectivity index (χ0) is 19.3. The predicted molar refractivity (Wildman–Crippen MR) is 96.1 cm³/mol. The number of aliphatic imine (C=N–C) groups is 1. The van der Waals surface area contributed by atoms with Crippen LogP contribution < -0.4 is 5.73 Å². The largest absolute Gasteiger partial charge is 0.443 e. The molecule has 0 unspecified atom stereocenters. The molecule has 0 aromatic heterocycles. The summed E-state index contributed by atoms with van der Waals surface area (Å²) >= 11 is 0. The molecule has 0 bridgehead atoms. The maximum atomic E-state index is 12.5. The van der Waals surface area contributed by atoms with E-state index in [2.05, 4.69) is 4.99 Å². The number of hydrogen-bond donors (Lipinski definition) is 1. The summed E-state index contributed by atoms with van der Waals surface area (Å²) in [5, 5.41) is 0. The van der Waals surface area contributed by atoms with E-state index in [4.69, 9.17) is 15.2 Å². The standard InChI is InChI=1S/C18H27N3O4/c1-17(2,3)24-15(22)20-14(19)21(16(23)25-18(4,5)6)12-13-10-8-7-9-11-13/h7-11H,12H2,1-6H3,(H2,19,20,22). The molecule has 0 aliphatic heterocycles. The Kier molecular flexibility index (Phi) is 6.55. The zero-order valence-electron chi connectivity index (χ0n) is 15.7. The second-order valence-corrected chi connectivity index (χ2v) is 7.50. The molecule has 25 heavy (non-hydrogen) atoms. The third-order valence-corrected chi connectivity index (χ3v) is 2.67. The number of carbonyl (C=O) groups is 2. The summed E-state index contributed by atoms with van der Waals surface area (Å²) in [6.45, 7) is 10.5. The minimum absolute atomic E-state index is 0.119. The van der Waals surface area contributed by atoms with E-state index in [-0.39, 0.29) is 12.5 Å². The van der Waals surface area contributed by atoms with Crippen molar-refractivity contribution in [1.82, 2.24) is 4.90 Å². The maximum Gasteiger partial charge on any atom is 0.437 e. The highest BCUT2D eigenvalue weighted by molar-refractivity contribution is 5.98. The Hall–Kier alpha value is -2.57. The minimum Gasteiger partial charge on any atom is -0.443 e.